The summed E-state index contributed by atoms with van der Waals surface area (Å²) in [7, 11) is 1.80. The van der Waals surface area contributed by atoms with Gasteiger partial charge < -0.3 is 10.2 Å². The van der Waals surface area contributed by atoms with Crippen LogP contribution in [0.5, 0.6) is 0 Å². The summed E-state index contributed by atoms with van der Waals surface area (Å²) in [6.45, 7) is 1.22. The highest BCUT2D eigenvalue weighted by Gasteiger charge is 2.27. The van der Waals surface area contributed by atoms with E-state index in [0.29, 0.717) is 6.54 Å². The fourth-order valence-corrected chi connectivity index (χ4v) is 3.33. The van der Waals surface area contributed by atoms with Gasteiger partial charge in [-0.3, -0.25) is 4.79 Å². The molecule has 18 heavy (non-hydrogen) atoms. The van der Waals surface area contributed by atoms with Gasteiger partial charge in [-0.15, -0.1) is 0 Å². The number of likely N-dealkylation sites (N-methyl/N-ethyl adjacent to an activating group) is 1. The molecule has 1 heterocycles. The van der Waals surface area contributed by atoms with Gasteiger partial charge in [-0.05, 0) is 24.7 Å². The molecule has 0 aliphatic carbocycles. The molecule has 3 nitrogen and oxygen atoms in total. The largest absolute Gasteiger partial charge is 0.333 e. The average Bonchev–Trinajstić information content (AvgIpc) is 2.40. The van der Waals surface area contributed by atoms with Crippen LogP contribution < -0.4 is 5.32 Å². The minimum Gasteiger partial charge on any atom is -0.333 e. The fourth-order valence-electron chi connectivity index (χ4n) is 2.12. The topological polar surface area (TPSA) is 32.3 Å². The Bertz CT molecular complexity index is 410. The number of carbonyl (C=O) groups excluding carboxylic acids is 1. The second-order valence-corrected chi connectivity index (χ2v) is 5.85. The van der Waals surface area contributed by atoms with E-state index in [4.69, 9.17) is 11.6 Å². The van der Waals surface area contributed by atoms with Crippen LogP contribution in [0.15, 0.2) is 24.3 Å². The molecule has 1 saturated heterocycles. The molecule has 1 N–H and O–H groups in total. The van der Waals surface area contributed by atoms with Gasteiger partial charge >= 0.3 is 0 Å². The number of hydrogen-bond donors (Lipinski definition) is 1. The number of benzene rings is 1. The zero-order valence-corrected chi connectivity index (χ0v) is 11.9. The third-order valence-corrected chi connectivity index (χ3v) is 4.31. The molecule has 0 aromatic heterocycles. The summed E-state index contributed by atoms with van der Waals surface area (Å²) in [4.78, 5) is 14.0. The molecule has 1 fully saturated rings. The summed E-state index contributed by atoms with van der Waals surface area (Å²) >= 11 is 7.80. The van der Waals surface area contributed by atoms with E-state index in [1.165, 1.54) is 0 Å². The number of amides is 1. The summed E-state index contributed by atoms with van der Waals surface area (Å²) in [6, 6.07) is 7.96. The lowest BCUT2D eigenvalue weighted by atomic mass is 10.1. The smallest absolute Gasteiger partial charge is 0.237 e. The van der Waals surface area contributed by atoms with E-state index in [1.807, 2.05) is 40.9 Å². The molecule has 98 valence electrons. The third-order valence-electron chi connectivity index (χ3n) is 3.03. The van der Waals surface area contributed by atoms with Crippen LogP contribution in [-0.4, -0.2) is 42.4 Å². The molecule has 1 unspecified atom stereocenters. The molecular weight excluding hydrogens is 268 g/mol. The van der Waals surface area contributed by atoms with Crippen LogP contribution in [0, 0.1) is 0 Å². The lowest BCUT2D eigenvalue weighted by Gasteiger charge is -2.35. The highest BCUT2D eigenvalue weighted by molar-refractivity contribution is 7.99. The molecule has 1 aromatic rings. The minimum absolute atomic E-state index is 0.165. The lowest BCUT2D eigenvalue weighted by Crippen LogP contribution is -2.44. The quantitative estimate of drug-likeness (QED) is 0.923. The first kappa shape index (κ1) is 13.7. The first-order valence-electron chi connectivity index (χ1n) is 5.99. The average molecular weight is 285 g/mol. The van der Waals surface area contributed by atoms with Crippen molar-refractivity contribution in [2.75, 3.05) is 31.6 Å². The molecule has 2 rings (SSSR count). The van der Waals surface area contributed by atoms with Gasteiger partial charge in [-0.25, -0.2) is 0 Å². The molecule has 0 bridgehead atoms. The number of thioether (sulfide) groups is 1. The van der Waals surface area contributed by atoms with Gasteiger partial charge in [0.05, 0.1) is 12.6 Å². The Morgan fingerprint density at radius 3 is 2.89 bits per heavy atom. The monoisotopic (exact) mass is 284 g/mol. The number of halogens is 1. The number of hydrogen-bond acceptors (Lipinski definition) is 3. The van der Waals surface area contributed by atoms with Crippen LogP contribution in [0.4, 0.5) is 0 Å². The molecule has 0 radical (unpaired) electrons. The van der Waals surface area contributed by atoms with Gasteiger partial charge in [0.15, 0.2) is 0 Å². The van der Waals surface area contributed by atoms with Crippen LogP contribution in [0.1, 0.15) is 11.6 Å². The van der Waals surface area contributed by atoms with Crippen LogP contribution in [0.3, 0.4) is 0 Å². The second-order valence-electron chi connectivity index (χ2n) is 4.26. The van der Waals surface area contributed by atoms with E-state index in [9.17, 15) is 4.79 Å². The Balaban J connectivity index is 2.17. The molecule has 1 atom stereocenters. The third kappa shape index (κ3) is 3.19. The Kier molecular flexibility index (Phi) is 4.92. The van der Waals surface area contributed by atoms with Crippen molar-refractivity contribution in [3.05, 3.63) is 34.9 Å². The van der Waals surface area contributed by atoms with E-state index in [-0.39, 0.29) is 11.9 Å². The molecule has 0 spiro atoms. The zero-order valence-electron chi connectivity index (χ0n) is 10.4. The minimum atomic E-state index is 0.165. The van der Waals surface area contributed by atoms with Gasteiger partial charge in [-0.1, -0.05) is 23.7 Å². The predicted octanol–water partition coefficient (Wildman–Crippen LogP) is 2.18. The maximum absolute atomic E-state index is 12.1. The summed E-state index contributed by atoms with van der Waals surface area (Å²) in [5.74, 6) is 2.13. The summed E-state index contributed by atoms with van der Waals surface area (Å²) in [5.41, 5.74) is 1.16. The second kappa shape index (κ2) is 6.45. The van der Waals surface area contributed by atoms with E-state index >= 15 is 0 Å². The molecule has 1 aromatic carbocycles. The van der Waals surface area contributed by atoms with Gasteiger partial charge in [0.1, 0.15) is 0 Å². The zero-order chi connectivity index (χ0) is 13.0. The number of carbonyl (C=O) groups is 1. The highest BCUT2D eigenvalue weighted by atomic mass is 35.5. The number of rotatable bonds is 3. The molecule has 1 aliphatic heterocycles. The van der Waals surface area contributed by atoms with Crippen molar-refractivity contribution >= 4 is 29.3 Å². The molecule has 1 aliphatic rings. The van der Waals surface area contributed by atoms with E-state index in [0.717, 1.165) is 28.6 Å². The van der Waals surface area contributed by atoms with Gasteiger partial charge in [0.2, 0.25) is 5.91 Å². The molecule has 5 heteroatoms. The van der Waals surface area contributed by atoms with Crippen molar-refractivity contribution in [2.45, 2.75) is 6.04 Å². The predicted molar refractivity (Wildman–Crippen MR) is 77.2 cm³/mol. The number of nitrogens with zero attached hydrogens (tertiary/aromatic N) is 1. The maximum Gasteiger partial charge on any atom is 0.237 e. The Morgan fingerprint density at radius 2 is 2.22 bits per heavy atom. The maximum atomic E-state index is 12.1. The van der Waals surface area contributed by atoms with Crippen molar-refractivity contribution in [3.63, 3.8) is 0 Å². The van der Waals surface area contributed by atoms with Crippen LogP contribution in [-0.2, 0) is 4.79 Å². The van der Waals surface area contributed by atoms with Crippen molar-refractivity contribution < 1.29 is 4.79 Å². The van der Waals surface area contributed by atoms with E-state index in [2.05, 4.69) is 5.32 Å². The molecule has 1 amide bonds. The Morgan fingerprint density at radius 1 is 1.50 bits per heavy atom. The Hall–Kier alpha value is -0.710. The summed E-state index contributed by atoms with van der Waals surface area (Å²) in [5, 5.41) is 3.66. The van der Waals surface area contributed by atoms with Crippen LogP contribution in [0.25, 0.3) is 0 Å². The Labute approximate surface area is 117 Å². The van der Waals surface area contributed by atoms with Gasteiger partial charge in [-0.2, -0.15) is 11.8 Å². The first-order valence-corrected chi connectivity index (χ1v) is 7.53. The number of nitrogens with one attached hydrogen (secondary N) is 1. The lowest BCUT2D eigenvalue weighted by molar-refractivity contribution is -0.132. The molecular formula is C13H17ClN2OS. The van der Waals surface area contributed by atoms with Crippen molar-refractivity contribution in [2.24, 2.45) is 0 Å². The van der Waals surface area contributed by atoms with Crippen LogP contribution >= 0.6 is 23.4 Å². The van der Waals surface area contributed by atoms with E-state index < -0.39 is 0 Å². The normalized spacial score (nSPS) is 19.9. The van der Waals surface area contributed by atoms with Crippen molar-refractivity contribution in [1.82, 2.24) is 10.2 Å². The van der Waals surface area contributed by atoms with Gasteiger partial charge in [0.25, 0.3) is 0 Å². The first-order chi connectivity index (χ1) is 8.72. The van der Waals surface area contributed by atoms with Crippen molar-refractivity contribution in [1.29, 1.82) is 0 Å². The van der Waals surface area contributed by atoms with Crippen molar-refractivity contribution in [3.8, 4) is 0 Å². The fraction of sp³-hybridized carbons (Fsp3) is 0.462. The summed E-state index contributed by atoms with van der Waals surface area (Å²) < 4.78 is 0. The van der Waals surface area contributed by atoms with Crippen LogP contribution in [0.2, 0.25) is 5.02 Å². The van der Waals surface area contributed by atoms with E-state index in [1.54, 1.807) is 7.05 Å². The highest BCUT2D eigenvalue weighted by Crippen LogP contribution is 2.30. The standard InChI is InChI=1S/C13H17ClN2OS/c1-15-8-13(17)16-6-7-18-9-12(16)10-2-4-11(14)5-3-10/h2-5,12,15H,6-9H2,1H3. The SMILES string of the molecule is CNCC(=O)N1CCSCC1c1ccc(Cl)cc1. The summed E-state index contributed by atoms with van der Waals surface area (Å²) in [6.07, 6.45) is 0. The van der Waals surface area contributed by atoms with Gasteiger partial charge in [0, 0.05) is 23.1 Å². The molecule has 0 saturated carbocycles.